The summed E-state index contributed by atoms with van der Waals surface area (Å²) >= 11 is 11.5. The van der Waals surface area contributed by atoms with E-state index in [9.17, 15) is 4.79 Å². The van der Waals surface area contributed by atoms with Crippen LogP contribution in [-0.4, -0.2) is 24.5 Å². The van der Waals surface area contributed by atoms with Gasteiger partial charge in [-0.15, -0.1) is 11.6 Å². The summed E-state index contributed by atoms with van der Waals surface area (Å²) in [7, 11) is 0. The van der Waals surface area contributed by atoms with E-state index in [4.69, 9.17) is 27.9 Å². The molecule has 0 fully saturated rings. The Hall–Kier alpha value is -0.770. The summed E-state index contributed by atoms with van der Waals surface area (Å²) in [5, 5.41) is 3.24. The van der Waals surface area contributed by atoms with Gasteiger partial charge >= 0.3 is 0 Å². The van der Waals surface area contributed by atoms with Crippen LogP contribution in [0.1, 0.15) is 19.8 Å². The number of para-hydroxylation sites is 1. The number of halogens is 2. The van der Waals surface area contributed by atoms with E-state index in [1.807, 2.05) is 12.1 Å². The van der Waals surface area contributed by atoms with Gasteiger partial charge in [-0.3, -0.25) is 4.79 Å². The highest BCUT2D eigenvalue weighted by Gasteiger charge is 2.14. The van der Waals surface area contributed by atoms with Crippen molar-refractivity contribution < 1.29 is 9.53 Å². The number of amides is 1. The molecule has 0 radical (unpaired) electrons. The lowest BCUT2D eigenvalue weighted by Crippen LogP contribution is -2.28. The molecule has 0 aliphatic carbocycles. The molecule has 1 rings (SSSR count). The average Bonchev–Trinajstić information content (AvgIpc) is 2.37. The maximum atomic E-state index is 11.8. The number of hydrogen-bond acceptors (Lipinski definition) is 2. The van der Waals surface area contributed by atoms with Crippen molar-refractivity contribution in [1.29, 1.82) is 0 Å². The van der Waals surface area contributed by atoms with Gasteiger partial charge in [0.25, 0.3) is 5.91 Å². The molecular weight excluding hydrogens is 273 g/mol. The second-order valence-corrected chi connectivity index (χ2v) is 4.66. The summed E-state index contributed by atoms with van der Waals surface area (Å²) in [5.74, 6) is 0.415. The molecule has 0 aromatic heterocycles. The second kappa shape index (κ2) is 8.35. The van der Waals surface area contributed by atoms with Crippen molar-refractivity contribution in [2.75, 3.05) is 17.8 Å². The number of ether oxygens (including phenoxy) is 1. The minimum Gasteiger partial charge on any atom is -0.369 e. The zero-order valence-electron chi connectivity index (χ0n) is 10.3. The van der Waals surface area contributed by atoms with Crippen LogP contribution in [0.25, 0.3) is 0 Å². The molecule has 1 N–H and O–H groups in total. The second-order valence-electron chi connectivity index (χ2n) is 3.88. The summed E-state index contributed by atoms with van der Waals surface area (Å²) in [5.41, 5.74) is 0.598. The summed E-state index contributed by atoms with van der Waals surface area (Å²) in [6, 6.07) is 7.10. The van der Waals surface area contributed by atoms with Crippen LogP contribution in [-0.2, 0) is 9.53 Å². The Labute approximate surface area is 117 Å². The van der Waals surface area contributed by atoms with Crippen LogP contribution in [0.15, 0.2) is 24.3 Å². The molecule has 1 aromatic carbocycles. The first kappa shape index (κ1) is 15.3. The first-order chi connectivity index (χ1) is 8.65. The summed E-state index contributed by atoms with van der Waals surface area (Å²) in [4.78, 5) is 11.8. The third kappa shape index (κ3) is 5.25. The summed E-state index contributed by atoms with van der Waals surface area (Å²) < 4.78 is 5.40. The monoisotopic (exact) mass is 289 g/mol. The van der Waals surface area contributed by atoms with Gasteiger partial charge in [-0.25, -0.2) is 0 Å². The Balaban J connectivity index is 2.38. The van der Waals surface area contributed by atoms with Crippen molar-refractivity contribution >= 4 is 34.8 Å². The number of rotatable bonds is 7. The van der Waals surface area contributed by atoms with E-state index >= 15 is 0 Å². The zero-order chi connectivity index (χ0) is 13.4. The molecule has 1 amide bonds. The number of nitrogens with one attached hydrogen (secondary N) is 1. The van der Waals surface area contributed by atoms with Gasteiger partial charge in [-0.2, -0.15) is 0 Å². The highest BCUT2D eigenvalue weighted by molar-refractivity contribution is 6.33. The number of unbranched alkanes of at least 4 members (excludes halogenated alkanes) is 1. The van der Waals surface area contributed by atoms with Gasteiger partial charge in [-0.1, -0.05) is 23.7 Å². The van der Waals surface area contributed by atoms with Gasteiger partial charge < -0.3 is 10.1 Å². The Bertz CT molecular complexity index is 385. The van der Waals surface area contributed by atoms with Crippen molar-refractivity contribution in [2.24, 2.45) is 0 Å². The largest absolute Gasteiger partial charge is 0.369 e. The van der Waals surface area contributed by atoms with Crippen LogP contribution in [0.3, 0.4) is 0 Å². The third-order valence-corrected chi connectivity index (χ3v) is 2.99. The fraction of sp³-hybridized carbons (Fsp3) is 0.462. The van der Waals surface area contributed by atoms with Crippen LogP contribution in [0, 0.1) is 0 Å². The van der Waals surface area contributed by atoms with Gasteiger partial charge in [0.15, 0.2) is 0 Å². The zero-order valence-corrected chi connectivity index (χ0v) is 11.8. The van der Waals surface area contributed by atoms with Crippen LogP contribution in [0.5, 0.6) is 0 Å². The molecule has 5 heteroatoms. The van der Waals surface area contributed by atoms with E-state index < -0.39 is 6.10 Å². The van der Waals surface area contributed by atoms with E-state index in [0.717, 1.165) is 12.8 Å². The van der Waals surface area contributed by atoms with Crippen molar-refractivity contribution in [3.63, 3.8) is 0 Å². The number of carbonyl (C=O) groups is 1. The van der Waals surface area contributed by atoms with Crippen molar-refractivity contribution in [2.45, 2.75) is 25.9 Å². The number of hydrogen-bond donors (Lipinski definition) is 1. The normalized spacial score (nSPS) is 12.2. The molecule has 100 valence electrons. The fourth-order valence-corrected chi connectivity index (χ4v) is 1.70. The lowest BCUT2D eigenvalue weighted by molar-refractivity contribution is -0.126. The van der Waals surface area contributed by atoms with Crippen LogP contribution < -0.4 is 5.32 Å². The Morgan fingerprint density at radius 2 is 2.11 bits per heavy atom. The number of carbonyl (C=O) groups excluding carboxylic acids is 1. The number of benzene rings is 1. The molecule has 0 saturated heterocycles. The van der Waals surface area contributed by atoms with Crippen LogP contribution in [0.2, 0.25) is 5.02 Å². The van der Waals surface area contributed by atoms with Gasteiger partial charge in [0, 0.05) is 12.5 Å². The van der Waals surface area contributed by atoms with Crippen molar-refractivity contribution in [3.05, 3.63) is 29.3 Å². The third-order valence-electron chi connectivity index (χ3n) is 2.40. The molecule has 3 nitrogen and oxygen atoms in total. The van der Waals surface area contributed by atoms with Crippen LogP contribution in [0.4, 0.5) is 5.69 Å². The molecule has 0 bridgehead atoms. The highest BCUT2D eigenvalue weighted by Crippen LogP contribution is 2.20. The quantitative estimate of drug-likeness (QED) is 0.614. The van der Waals surface area contributed by atoms with Gasteiger partial charge in [0.1, 0.15) is 6.10 Å². The topological polar surface area (TPSA) is 38.3 Å². The SMILES string of the molecule is CC(OCCCCCl)C(=O)Nc1ccccc1Cl. The van der Waals surface area contributed by atoms with E-state index in [1.165, 1.54) is 0 Å². The van der Waals surface area contributed by atoms with Crippen molar-refractivity contribution in [1.82, 2.24) is 0 Å². The number of alkyl halides is 1. The average molecular weight is 290 g/mol. The molecule has 1 unspecified atom stereocenters. The minimum atomic E-state index is -0.503. The molecule has 0 heterocycles. The van der Waals surface area contributed by atoms with Crippen molar-refractivity contribution in [3.8, 4) is 0 Å². The highest BCUT2D eigenvalue weighted by atomic mass is 35.5. The standard InChI is InChI=1S/C13H17Cl2NO2/c1-10(18-9-5-4-8-14)13(17)16-12-7-3-2-6-11(12)15/h2-3,6-7,10H,4-5,8-9H2,1H3,(H,16,17). The molecule has 1 aromatic rings. The molecule has 1 atom stereocenters. The van der Waals surface area contributed by atoms with E-state index in [1.54, 1.807) is 19.1 Å². The maximum Gasteiger partial charge on any atom is 0.253 e. The van der Waals surface area contributed by atoms with E-state index in [2.05, 4.69) is 5.32 Å². The van der Waals surface area contributed by atoms with Crippen LogP contribution >= 0.6 is 23.2 Å². The molecular formula is C13H17Cl2NO2. The van der Waals surface area contributed by atoms with E-state index in [-0.39, 0.29) is 5.91 Å². The fourth-order valence-electron chi connectivity index (χ4n) is 1.33. The lowest BCUT2D eigenvalue weighted by Gasteiger charge is -2.13. The first-order valence-electron chi connectivity index (χ1n) is 5.88. The predicted molar refractivity (Wildman–Crippen MR) is 75.4 cm³/mol. The Morgan fingerprint density at radius 1 is 1.39 bits per heavy atom. The minimum absolute atomic E-state index is 0.200. The Morgan fingerprint density at radius 3 is 2.78 bits per heavy atom. The maximum absolute atomic E-state index is 11.8. The lowest BCUT2D eigenvalue weighted by atomic mass is 10.3. The molecule has 0 saturated carbocycles. The van der Waals surface area contributed by atoms with E-state index in [0.29, 0.717) is 23.2 Å². The smallest absolute Gasteiger partial charge is 0.253 e. The van der Waals surface area contributed by atoms with Gasteiger partial charge in [-0.05, 0) is 31.9 Å². The van der Waals surface area contributed by atoms with Gasteiger partial charge in [0.2, 0.25) is 0 Å². The molecule has 0 aliphatic rings. The first-order valence-corrected chi connectivity index (χ1v) is 6.79. The van der Waals surface area contributed by atoms with Gasteiger partial charge in [0.05, 0.1) is 10.7 Å². The number of anilines is 1. The Kier molecular flexibility index (Phi) is 7.09. The molecule has 0 spiro atoms. The summed E-state index contributed by atoms with van der Waals surface area (Å²) in [6.07, 6.45) is 1.24. The molecule has 0 aliphatic heterocycles. The molecule has 18 heavy (non-hydrogen) atoms. The predicted octanol–water partition coefficient (Wildman–Crippen LogP) is 3.70. The summed E-state index contributed by atoms with van der Waals surface area (Å²) in [6.45, 7) is 2.25.